The van der Waals surface area contributed by atoms with Crippen LogP contribution in [-0.4, -0.2) is 113 Å². The summed E-state index contributed by atoms with van der Waals surface area (Å²) in [6, 6.07) is 0.285. The maximum atomic E-state index is 11.0. The van der Waals surface area contributed by atoms with Gasteiger partial charge < -0.3 is 18.9 Å². The van der Waals surface area contributed by atoms with E-state index in [1.807, 2.05) is 16.5 Å². The van der Waals surface area contributed by atoms with Crippen LogP contribution in [0.2, 0.25) is 0 Å². The molecular formula is C21H29N9O4S. The van der Waals surface area contributed by atoms with Crippen molar-refractivity contribution in [1.29, 1.82) is 0 Å². The van der Waals surface area contributed by atoms with Crippen molar-refractivity contribution in [1.82, 2.24) is 39.3 Å². The van der Waals surface area contributed by atoms with Crippen LogP contribution in [0, 0.1) is 0 Å². The number of nitrogens with zero attached hydrogens (tertiary/aromatic N) is 9. The summed E-state index contributed by atoms with van der Waals surface area (Å²) in [5, 5.41) is 0. The van der Waals surface area contributed by atoms with Crippen molar-refractivity contribution in [2.45, 2.75) is 6.54 Å². The fourth-order valence-corrected chi connectivity index (χ4v) is 4.96. The van der Waals surface area contributed by atoms with Gasteiger partial charge in [-0.1, -0.05) is 0 Å². The van der Waals surface area contributed by atoms with Crippen molar-refractivity contribution in [2.24, 2.45) is 7.05 Å². The summed E-state index contributed by atoms with van der Waals surface area (Å²) in [5.41, 5.74) is 2.19. The van der Waals surface area contributed by atoms with Gasteiger partial charge in [-0.05, 0) is 0 Å². The average Bonchev–Trinajstić information content (AvgIpc) is 3.20. The first-order chi connectivity index (χ1) is 17.0. The molecule has 0 aliphatic carbocycles. The molecule has 5 heterocycles. The Hall–Kier alpha value is -2.94. The first-order valence-corrected chi connectivity index (χ1v) is 12.9. The molecule has 13 nitrogen and oxygen atoms in total. The predicted octanol–water partition coefficient (Wildman–Crippen LogP) is -0.648. The Morgan fingerprint density at radius 1 is 0.971 bits per heavy atom. The number of hydrogen-bond donors (Lipinski definition) is 1. The van der Waals surface area contributed by atoms with E-state index in [-0.39, 0.29) is 11.9 Å². The molecule has 0 unspecified atom stereocenters. The number of morpholine rings is 1. The highest BCUT2D eigenvalue weighted by molar-refractivity contribution is 7.72. The molecule has 0 radical (unpaired) electrons. The van der Waals surface area contributed by atoms with E-state index in [9.17, 15) is 8.42 Å². The average molecular weight is 504 g/mol. The maximum Gasteiger partial charge on any atom is 0.316 e. The maximum absolute atomic E-state index is 11.0. The van der Waals surface area contributed by atoms with E-state index in [2.05, 4.69) is 19.8 Å². The Balaban J connectivity index is 1.47. The number of ether oxygens (including phenoxy) is 2. The third kappa shape index (κ3) is 5.19. The largest absolute Gasteiger partial charge is 0.467 e. The van der Waals surface area contributed by atoms with E-state index in [1.54, 1.807) is 12.4 Å². The summed E-state index contributed by atoms with van der Waals surface area (Å²) in [6.45, 7) is 6.35. The van der Waals surface area contributed by atoms with Crippen LogP contribution in [0.15, 0.2) is 12.4 Å². The van der Waals surface area contributed by atoms with E-state index in [1.165, 1.54) is 7.11 Å². The van der Waals surface area contributed by atoms with Gasteiger partial charge in [0.2, 0.25) is 0 Å². The van der Waals surface area contributed by atoms with Crippen molar-refractivity contribution in [2.75, 3.05) is 70.4 Å². The second-order valence-electron chi connectivity index (χ2n) is 8.56. The van der Waals surface area contributed by atoms with Crippen LogP contribution in [0.4, 0.5) is 5.82 Å². The first-order valence-electron chi connectivity index (χ1n) is 11.5. The molecule has 35 heavy (non-hydrogen) atoms. The Labute approximate surface area is 204 Å². The van der Waals surface area contributed by atoms with Gasteiger partial charge in [0.1, 0.15) is 5.82 Å². The van der Waals surface area contributed by atoms with Gasteiger partial charge in [0.25, 0.3) is 0 Å². The van der Waals surface area contributed by atoms with Crippen LogP contribution >= 0.6 is 0 Å². The van der Waals surface area contributed by atoms with Gasteiger partial charge in [0.15, 0.2) is 33.5 Å². The van der Waals surface area contributed by atoms with E-state index in [0.717, 1.165) is 49.0 Å². The highest BCUT2D eigenvalue weighted by Gasteiger charge is 2.24. The van der Waals surface area contributed by atoms with Gasteiger partial charge >= 0.3 is 6.01 Å². The summed E-state index contributed by atoms with van der Waals surface area (Å²) in [6.07, 6.45) is 3.31. The predicted molar refractivity (Wildman–Crippen MR) is 129 cm³/mol. The van der Waals surface area contributed by atoms with Gasteiger partial charge in [0.05, 0.1) is 38.3 Å². The van der Waals surface area contributed by atoms with Crippen molar-refractivity contribution in [3.63, 3.8) is 0 Å². The van der Waals surface area contributed by atoms with Gasteiger partial charge in [-0.25, -0.2) is 33.3 Å². The monoisotopic (exact) mass is 503 g/mol. The zero-order valence-electron chi connectivity index (χ0n) is 19.8. The standard InChI is InChI=1S/C21H29N9O4S/c1-27-16(13-28-3-5-29(6-4-28)14-35(31)32)24-17-19(27)25-18(15-11-22-21(33-2)23-12-15)26-20(17)30-7-9-34-10-8-30/h11-12,35H,3-10,13-14H2,1-2H3. The molecule has 5 rings (SSSR count). The first kappa shape index (κ1) is 23.8. The van der Waals surface area contributed by atoms with Crippen molar-refractivity contribution in [3.8, 4) is 17.4 Å². The van der Waals surface area contributed by atoms with Gasteiger partial charge in [0, 0.05) is 58.7 Å². The molecule has 0 bridgehead atoms. The molecule has 0 aromatic carbocycles. The number of thiol groups is 1. The number of methoxy groups -OCH3 is 1. The SMILES string of the molecule is COc1ncc(-c2nc(N3CCOCC3)c3nc(CN4CCN(C[SH](=O)=O)CC4)n(C)c3n2)cn1. The number of hydrogen-bond acceptors (Lipinski definition) is 12. The molecule has 3 aromatic rings. The Bertz CT molecular complexity index is 1240. The minimum atomic E-state index is -2.39. The van der Waals surface area contributed by atoms with Crippen LogP contribution in [-0.2, 0) is 29.0 Å². The summed E-state index contributed by atoms with van der Waals surface area (Å²) in [4.78, 5) is 29.5. The minimum Gasteiger partial charge on any atom is -0.467 e. The fourth-order valence-electron chi connectivity index (χ4n) is 4.35. The van der Waals surface area contributed by atoms with Crippen molar-refractivity contribution >= 4 is 27.7 Å². The van der Waals surface area contributed by atoms with Crippen LogP contribution < -0.4 is 9.64 Å². The second kappa shape index (κ2) is 10.4. The molecular weight excluding hydrogens is 474 g/mol. The molecule has 3 aromatic heterocycles. The van der Waals surface area contributed by atoms with Crippen LogP contribution in [0.3, 0.4) is 0 Å². The lowest BCUT2D eigenvalue weighted by atomic mass is 10.3. The number of aromatic nitrogens is 6. The van der Waals surface area contributed by atoms with E-state index >= 15 is 0 Å². The number of fused-ring (bicyclic) bond motifs is 1. The van der Waals surface area contributed by atoms with Gasteiger partial charge in [-0.2, -0.15) is 0 Å². The summed E-state index contributed by atoms with van der Waals surface area (Å²) in [5.74, 6) is 2.30. The number of anilines is 1. The van der Waals surface area contributed by atoms with Gasteiger partial charge in [-0.3, -0.25) is 9.80 Å². The Kier molecular flexibility index (Phi) is 7.04. The third-order valence-corrected chi connectivity index (χ3v) is 6.95. The van der Waals surface area contributed by atoms with E-state index in [0.29, 0.717) is 44.2 Å². The molecule has 2 aliphatic heterocycles. The smallest absolute Gasteiger partial charge is 0.316 e. The number of rotatable bonds is 7. The lowest BCUT2D eigenvalue weighted by molar-refractivity contribution is 0.122. The molecule has 0 N–H and O–H groups in total. The molecule has 2 saturated heterocycles. The van der Waals surface area contributed by atoms with Gasteiger partial charge in [-0.15, -0.1) is 0 Å². The number of aryl methyl sites for hydroxylation is 1. The Morgan fingerprint density at radius 2 is 1.66 bits per heavy atom. The Morgan fingerprint density at radius 3 is 2.31 bits per heavy atom. The summed E-state index contributed by atoms with van der Waals surface area (Å²) >= 11 is 0. The van der Waals surface area contributed by atoms with Crippen LogP contribution in [0.1, 0.15) is 5.82 Å². The molecule has 14 heteroatoms. The lowest BCUT2D eigenvalue weighted by Crippen LogP contribution is -2.46. The van der Waals surface area contributed by atoms with Crippen molar-refractivity contribution < 1.29 is 17.9 Å². The lowest BCUT2D eigenvalue weighted by Gasteiger charge is -2.33. The quantitative estimate of drug-likeness (QED) is 0.411. The van der Waals surface area contributed by atoms with E-state index in [4.69, 9.17) is 24.4 Å². The summed E-state index contributed by atoms with van der Waals surface area (Å²) < 4.78 is 34.7. The molecule has 0 spiro atoms. The molecule has 0 atom stereocenters. The third-order valence-electron chi connectivity index (χ3n) is 6.32. The van der Waals surface area contributed by atoms with E-state index < -0.39 is 10.7 Å². The minimum absolute atomic E-state index is 0.117. The number of imidazole rings is 1. The molecule has 0 amide bonds. The molecule has 0 saturated carbocycles. The fraction of sp³-hybridized carbons (Fsp3) is 0.571. The normalized spacial score (nSPS) is 18.0. The molecule has 2 fully saturated rings. The highest BCUT2D eigenvalue weighted by Crippen LogP contribution is 2.28. The van der Waals surface area contributed by atoms with Crippen LogP contribution in [0.5, 0.6) is 6.01 Å². The summed E-state index contributed by atoms with van der Waals surface area (Å²) in [7, 11) is 1.10. The zero-order valence-corrected chi connectivity index (χ0v) is 20.7. The zero-order chi connectivity index (χ0) is 24.4. The highest BCUT2D eigenvalue weighted by atomic mass is 32.2. The second-order valence-corrected chi connectivity index (χ2v) is 9.50. The molecule has 2 aliphatic rings. The topological polar surface area (TPSA) is 132 Å². The number of piperazine rings is 1. The molecule has 188 valence electrons. The van der Waals surface area contributed by atoms with Crippen molar-refractivity contribution in [3.05, 3.63) is 18.2 Å². The van der Waals surface area contributed by atoms with Crippen LogP contribution in [0.25, 0.3) is 22.6 Å².